The van der Waals surface area contributed by atoms with Crippen molar-refractivity contribution in [3.8, 4) is 22.6 Å². The van der Waals surface area contributed by atoms with E-state index in [1.807, 2.05) is 37.5 Å². The van der Waals surface area contributed by atoms with Gasteiger partial charge in [0.1, 0.15) is 16.4 Å². The number of benzene rings is 1. The van der Waals surface area contributed by atoms with Crippen molar-refractivity contribution in [2.75, 3.05) is 5.73 Å². The Kier molecular flexibility index (Phi) is 5.54. The lowest BCUT2D eigenvalue weighted by molar-refractivity contribution is 0.516. The van der Waals surface area contributed by atoms with Gasteiger partial charge in [0.2, 0.25) is 0 Å². The van der Waals surface area contributed by atoms with Crippen molar-refractivity contribution in [1.29, 1.82) is 0 Å². The topological polar surface area (TPSA) is 82.5 Å². The first kappa shape index (κ1) is 20.3. The van der Waals surface area contributed by atoms with E-state index in [1.165, 1.54) is 32.1 Å². The van der Waals surface area contributed by atoms with Gasteiger partial charge in [-0.15, -0.1) is 0 Å². The summed E-state index contributed by atoms with van der Waals surface area (Å²) in [5.41, 5.74) is 10.2. The Labute approximate surface area is 190 Å². The number of aromatic nitrogens is 5. The summed E-state index contributed by atoms with van der Waals surface area (Å²) >= 11 is 8.33. The monoisotopic (exact) mass is 450 g/mol. The summed E-state index contributed by atoms with van der Waals surface area (Å²) in [5.74, 6) is 0.452. The Morgan fingerprint density at radius 3 is 2.71 bits per heavy atom. The molecule has 0 bridgehead atoms. The van der Waals surface area contributed by atoms with E-state index in [-0.39, 0.29) is 0 Å². The molecule has 0 spiro atoms. The van der Waals surface area contributed by atoms with Crippen LogP contribution in [0.3, 0.4) is 0 Å². The number of nitrogens with zero attached hydrogens (tertiary/aromatic N) is 5. The fraction of sp³-hybridized carbons (Fsp3) is 0.304. The lowest BCUT2D eigenvalue weighted by Crippen LogP contribution is -2.10. The van der Waals surface area contributed by atoms with E-state index in [9.17, 15) is 0 Å². The van der Waals surface area contributed by atoms with Crippen molar-refractivity contribution in [2.24, 2.45) is 7.05 Å². The third-order valence-corrected chi connectivity index (χ3v) is 7.22. The van der Waals surface area contributed by atoms with Gasteiger partial charge in [-0.05, 0) is 37.1 Å². The van der Waals surface area contributed by atoms with E-state index in [4.69, 9.17) is 27.3 Å². The molecule has 4 aromatic rings. The number of fused-ring (bicyclic) bond motifs is 1. The van der Waals surface area contributed by atoms with Crippen LogP contribution in [0.25, 0.3) is 33.5 Å². The predicted octanol–water partition coefficient (Wildman–Crippen LogP) is 5.75. The zero-order valence-electron chi connectivity index (χ0n) is 17.3. The number of nitrogen functional groups attached to an aromatic ring is 1. The highest BCUT2D eigenvalue weighted by Crippen LogP contribution is 2.39. The Hall–Kier alpha value is -2.64. The predicted molar refractivity (Wildman–Crippen MR) is 127 cm³/mol. The molecule has 1 saturated carbocycles. The van der Waals surface area contributed by atoms with Gasteiger partial charge in [-0.1, -0.05) is 48.7 Å². The highest BCUT2D eigenvalue weighted by molar-refractivity contribution is 8.00. The second-order valence-electron chi connectivity index (χ2n) is 7.90. The minimum atomic E-state index is 0.452. The van der Waals surface area contributed by atoms with Crippen molar-refractivity contribution in [3.05, 3.63) is 47.7 Å². The van der Waals surface area contributed by atoms with Crippen LogP contribution in [0.5, 0.6) is 0 Å². The van der Waals surface area contributed by atoms with Crippen LogP contribution >= 0.6 is 23.4 Å². The average molecular weight is 451 g/mol. The van der Waals surface area contributed by atoms with E-state index in [2.05, 4.69) is 16.1 Å². The lowest BCUT2D eigenvalue weighted by Gasteiger charge is -2.21. The summed E-state index contributed by atoms with van der Waals surface area (Å²) in [6.45, 7) is 0. The first-order valence-corrected chi connectivity index (χ1v) is 11.7. The maximum Gasteiger partial charge on any atom is 0.156 e. The van der Waals surface area contributed by atoms with Crippen molar-refractivity contribution in [2.45, 2.75) is 42.4 Å². The van der Waals surface area contributed by atoms with Gasteiger partial charge in [-0.25, -0.2) is 9.97 Å². The largest absolute Gasteiger partial charge is 0.381 e. The van der Waals surface area contributed by atoms with Crippen LogP contribution in [-0.4, -0.2) is 30.0 Å². The molecular formula is C23H23ClN6S. The maximum absolute atomic E-state index is 6.58. The van der Waals surface area contributed by atoms with E-state index >= 15 is 0 Å². The van der Waals surface area contributed by atoms with E-state index < -0.39 is 0 Å². The highest BCUT2D eigenvalue weighted by atomic mass is 35.5. The van der Waals surface area contributed by atoms with Crippen LogP contribution in [-0.2, 0) is 7.05 Å². The van der Waals surface area contributed by atoms with Crippen molar-refractivity contribution in [1.82, 2.24) is 24.7 Å². The Morgan fingerprint density at radius 2 is 1.94 bits per heavy atom. The molecule has 0 atom stereocenters. The molecule has 2 N–H and O–H groups in total. The zero-order valence-corrected chi connectivity index (χ0v) is 18.8. The van der Waals surface area contributed by atoms with Crippen molar-refractivity contribution >= 4 is 40.1 Å². The smallest absolute Gasteiger partial charge is 0.156 e. The Balaban J connectivity index is 1.66. The molecule has 8 heteroatoms. The number of hydrogen-bond donors (Lipinski definition) is 1. The second kappa shape index (κ2) is 8.48. The molecule has 6 nitrogen and oxygen atoms in total. The number of anilines is 1. The van der Waals surface area contributed by atoms with Crippen LogP contribution in [0.15, 0.2) is 47.8 Å². The summed E-state index contributed by atoms with van der Waals surface area (Å²) in [6.07, 6.45) is 9.85. The van der Waals surface area contributed by atoms with Gasteiger partial charge in [0.25, 0.3) is 0 Å². The minimum Gasteiger partial charge on any atom is -0.381 e. The zero-order chi connectivity index (χ0) is 21.4. The first-order chi connectivity index (χ1) is 15.1. The summed E-state index contributed by atoms with van der Waals surface area (Å²) in [6, 6.07) is 9.78. The van der Waals surface area contributed by atoms with Gasteiger partial charge in [0.15, 0.2) is 5.82 Å². The molecule has 3 aromatic heterocycles. The van der Waals surface area contributed by atoms with Crippen LogP contribution < -0.4 is 5.73 Å². The van der Waals surface area contributed by atoms with Crippen LogP contribution in [0.1, 0.15) is 32.1 Å². The molecule has 1 aliphatic rings. The van der Waals surface area contributed by atoms with Crippen LogP contribution in [0.2, 0.25) is 5.02 Å². The van der Waals surface area contributed by atoms with Gasteiger partial charge < -0.3 is 5.73 Å². The van der Waals surface area contributed by atoms with Gasteiger partial charge in [0.05, 0.1) is 16.2 Å². The van der Waals surface area contributed by atoms with Crippen LogP contribution in [0.4, 0.5) is 5.82 Å². The lowest BCUT2D eigenvalue weighted by atomic mass is 10.0. The number of thioether (sulfide) groups is 1. The van der Waals surface area contributed by atoms with Gasteiger partial charge in [0, 0.05) is 35.6 Å². The number of halogens is 1. The molecule has 1 aromatic carbocycles. The molecular weight excluding hydrogens is 428 g/mol. The summed E-state index contributed by atoms with van der Waals surface area (Å²) in [4.78, 5) is 14.2. The van der Waals surface area contributed by atoms with E-state index in [0.29, 0.717) is 21.8 Å². The molecule has 0 saturated heterocycles. The molecule has 1 fully saturated rings. The van der Waals surface area contributed by atoms with Gasteiger partial charge in [-0.2, -0.15) is 5.10 Å². The molecule has 3 heterocycles. The molecule has 0 aliphatic heterocycles. The third-order valence-electron chi connectivity index (χ3n) is 5.61. The summed E-state index contributed by atoms with van der Waals surface area (Å²) < 4.78 is 1.75. The first-order valence-electron chi connectivity index (χ1n) is 10.5. The summed E-state index contributed by atoms with van der Waals surface area (Å²) in [5, 5.41) is 7.40. The fourth-order valence-electron chi connectivity index (χ4n) is 4.07. The standard InChI is InChI=1S/C23H23ClN6S/c1-30-11-9-18(29-30)21-20(15-12-14-6-5-10-26-19(14)17(24)13-15)28-23(22(25)27-21)31-16-7-3-2-4-8-16/h5-6,9-13,16H,2-4,7-8H2,1H3,(H2,25,27). The molecule has 1 aliphatic carbocycles. The Bertz CT molecular complexity index is 1250. The SMILES string of the molecule is Cn1ccc(-c2nc(N)c(SC3CCCCC3)nc2-c2cc(Cl)c3ncccc3c2)n1. The third kappa shape index (κ3) is 4.12. The molecule has 0 unspecified atom stereocenters. The minimum absolute atomic E-state index is 0.452. The number of aryl methyl sites for hydroxylation is 1. The van der Waals surface area contributed by atoms with Crippen molar-refractivity contribution < 1.29 is 0 Å². The van der Waals surface area contributed by atoms with Crippen LogP contribution in [0, 0.1) is 0 Å². The van der Waals surface area contributed by atoms with Crippen molar-refractivity contribution in [3.63, 3.8) is 0 Å². The number of hydrogen-bond acceptors (Lipinski definition) is 6. The maximum atomic E-state index is 6.58. The fourth-order valence-corrected chi connectivity index (χ4v) is 5.54. The molecule has 31 heavy (non-hydrogen) atoms. The second-order valence-corrected chi connectivity index (χ2v) is 9.59. The molecule has 0 radical (unpaired) electrons. The quantitative estimate of drug-likeness (QED) is 0.426. The van der Waals surface area contributed by atoms with Gasteiger partial charge >= 0.3 is 0 Å². The average Bonchev–Trinajstić information content (AvgIpc) is 3.22. The van der Waals surface area contributed by atoms with Gasteiger partial charge in [-0.3, -0.25) is 9.67 Å². The Morgan fingerprint density at radius 1 is 1.10 bits per heavy atom. The highest BCUT2D eigenvalue weighted by Gasteiger charge is 2.22. The molecule has 5 rings (SSSR count). The van der Waals surface area contributed by atoms with E-state index in [1.54, 1.807) is 22.6 Å². The normalized spacial score (nSPS) is 14.9. The number of nitrogens with two attached hydrogens (primary N) is 1. The number of pyridine rings is 1. The summed E-state index contributed by atoms with van der Waals surface area (Å²) in [7, 11) is 1.88. The number of rotatable bonds is 4. The molecule has 158 valence electrons. The van der Waals surface area contributed by atoms with E-state index in [0.717, 1.165) is 32.9 Å². The molecule has 0 amide bonds.